The monoisotopic (exact) mass is 381 g/mol. The number of aromatic amines is 1. The summed E-state index contributed by atoms with van der Waals surface area (Å²) in [6, 6.07) is 13.0. The Hall–Kier alpha value is -3.35. The van der Waals surface area contributed by atoms with Crippen molar-refractivity contribution < 1.29 is 18.7 Å². The van der Waals surface area contributed by atoms with Gasteiger partial charge < -0.3 is 19.5 Å². The number of hydrogen-bond donors (Lipinski definition) is 1. The van der Waals surface area contributed by atoms with Crippen molar-refractivity contribution in [1.29, 1.82) is 0 Å². The Labute approximate surface area is 161 Å². The van der Waals surface area contributed by atoms with Gasteiger partial charge in [0.25, 0.3) is 11.8 Å². The molecule has 2 heterocycles. The number of halogens is 1. The predicted octanol–water partition coefficient (Wildman–Crippen LogP) is 2.91. The van der Waals surface area contributed by atoms with E-state index in [2.05, 4.69) is 4.98 Å². The lowest BCUT2D eigenvalue weighted by molar-refractivity contribution is 0.0533. The summed E-state index contributed by atoms with van der Waals surface area (Å²) in [5, 5.41) is 0.664. The molecule has 0 radical (unpaired) electrons. The molecular weight excluding hydrogens is 361 g/mol. The molecule has 1 aliphatic heterocycles. The molecule has 0 aliphatic carbocycles. The van der Waals surface area contributed by atoms with Gasteiger partial charge in [-0.2, -0.15) is 0 Å². The van der Waals surface area contributed by atoms with Crippen LogP contribution in [0.2, 0.25) is 0 Å². The van der Waals surface area contributed by atoms with Crippen molar-refractivity contribution in [3.63, 3.8) is 0 Å². The van der Waals surface area contributed by atoms with Gasteiger partial charge in [-0.1, -0.05) is 0 Å². The fraction of sp³-hybridized carbons (Fsp3) is 0.238. The second-order valence-electron chi connectivity index (χ2n) is 6.73. The Bertz CT molecular complexity index is 1020. The summed E-state index contributed by atoms with van der Waals surface area (Å²) in [6.45, 7) is 1.83. The van der Waals surface area contributed by atoms with Crippen molar-refractivity contribution >= 4 is 22.7 Å². The van der Waals surface area contributed by atoms with Gasteiger partial charge in [0, 0.05) is 42.6 Å². The topological polar surface area (TPSA) is 65.6 Å². The van der Waals surface area contributed by atoms with Crippen LogP contribution < -0.4 is 4.74 Å². The van der Waals surface area contributed by atoms with Crippen molar-refractivity contribution in [2.24, 2.45) is 0 Å². The third-order valence-corrected chi connectivity index (χ3v) is 5.00. The Morgan fingerprint density at radius 3 is 2.21 bits per heavy atom. The van der Waals surface area contributed by atoms with Crippen LogP contribution >= 0.6 is 0 Å². The fourth-order valence-electron chi connectivity index (χ4n) is 3.42. The van der Waals surface area contributed by atoms with Gasteiger partial charge in [-0.15, -0.1) is 0 Å². The first-order valence-corrected chi connectivity index (χ1v) is 9.06. The Morgan fingerprint density at radius 1 is 0.929 bits per heavy atom. The number of H-pyrrole nitrogens is 1. The summed E-state index contributed by atoms with van der Waals surface area (Å²) < 4.78 is 18.5. The van der Waals surface area contributed by atoms with E-state index in [4.69, 9.17) is 4.74 Å². The van der Waals surface area contributed by atoms with Gasteiger partial charge in [-0.05, 0) is 48.5 Å². The number of rotatable bonds is 3. The minimum absolute atomic E-state index is 0.0594. The molecule has 0 bridgehead atoms. The summed E-state index contributed by atoms with van der Waals surface area (Å²) in [7, 11) is 1.58. The first-order valence-electron chi connectivity index (χ1n) is 9.06. The molecule has 3 aromatic rings. The fourth-order valence-corrected chi connectivity index (χ4v) is 3.42. The minimum Gasteiger partial charge on any atom is -0.497 e. The average Bonchev–Trinajstić information content (AvgIpc) is 3.16. The number of piperazine rings is 1. The first kappa shape index (κ1) is 18.0. The number of ether oxygens (including phenoxy) is 1. The van der Waals surface area contributed by atoms with E-state index in [0.717, 1.165) is 5.52 Å². The molecule has 28 heavy (non-hydrogen) atoms. The van der Waals surface area contributed by atoms with E-state index in [1.54, 1.807) is 53.3 Å². The van der Waals surface area contributed by atoms with Crippen LogP contribution in [0.4, 0.5) is 4.39 Å². The number of benzene rings is 2. The molecule has 6 nitrogen and oxygen atoms in total. The molecule has 1 aliphatic rings. The van der Waals surface area contributed by atoms with Crippen molar-refractivity contribution in [2.75, 3.05) is 33.3 Å². The minimum atomic E-state index is -0.337. The third kappa shape index (κ3) is 3.43. The summed E-state index contributed by atoms with van der Waals surface area (Å²) in [5.74, 6) is 0.158. The lowest BCUT2D eigenvalue weighted by Crippen LogP contribution is -2.50. The Morgan fingerprint density at radius 2 is 1.57 bits per heavy atom. The van der Waals surface area contributed by atoms with E-state index in [9.17, 15) is 14.0 Å². The number of methoxy groups -OCH3 is 1. The zero-order chi connectivity index (χ0) is 19.7. The molecule has 1 N–H and O–H groups in total. The van der Waals surface area contributed by atoms with E-state index in [1.165, 1.54) is 12.1 Å². The second-order valence-corrected chi connectivity index (χ2v) is 6.73. The third-order valence-electron chi connectivity index (χ3n) is 5.00. The maximum Gasteiger partial charge on any atom is 0.270 e. The number of hydrogen-bond acceptors (Lipinski definition) is 3. The van der Waals surface area contributed by atoms with Gasteiger partial charge in [0.2, 0.25) is 0 Å². The molecule has 144 valence electrons. The number of aromatic nitrogens is 1. The Balaban J connectivity index is 1.41. The summed E-state index contributed by atoms with van der Waals surface area (Å²) >= 11 is 0. The normalized spacial score (nSPS) is 14.4. The number of carbonyl (C=O) groups is 2. The molecule has 2 aromatic carbocycles. The van der Waals surface area contributed by atoms with Crippen LogP contribution in [0.15, 0.2) is 48.5 Å². The van der Waals surface area contributed by atoms with E-state index in [0.29, 0.717) is 48.6 Å². The molecule has 4 rings (SSSR count). The van der Waals surface area contributed by atoms with Crippen LogP contribution in [0.5, 0.6) is 5.75 Å². The van der Waals surface area contributed by atoms with E-state index >= 15 is 0 Å². The SMILES string of the molecule is COc1ccc(C(=O)N2CCN(C(=O)c3cc4cc(F)ccc4[nH]3)CC2)cc1. The van der Waals surface area contributed by atoms with Crippen LogP contribution in [0.25, 0.3) is 10.9 Å². The standard InChI is InChI=1S/C21H20FN3O3/c1-28-17-5-2-14(3-6-17)20(26)24-8-10-25(11-9-24)21(27)19-13-15-12-16(22)4-7-18(15)23-19/h2-7,12-13,23H,8-11H2,1H3. The highest BCUT2D eigenvalue weighted by atomic mass is 19.1. The summed E-state index contributed by atoms with van der Waals surface area (Å²) in [6.07, 6.45) is 0. The molecule has 7 heteroatoms. The van der Waals surface area contributed by atoms with Crippen LogP contribution in [0, 0.1) is 5.82 Å². The highest BCUT2D eigenvalue weighted by Crippen LogP contribution is 2.19. The Kier molecular flexibility index (Phi) is 4.73. The predicted molar refractivity (Wildman–Crippen MR) is 103 cm³/mol. The number of nitrogens with one attached hydrogen (secondary N) is 1. The summed E-state index contributed by atoms with van der Waals surface area (Å²) in [4.78, 5) is 31.9. The van der Waals surface area contributed by atoms with E-state index in [1.807, 2.05) is 0 Å². The maximum atomic E-state index is 13.3. The highest BCUT2D eigenvalue weighted by molar-refractivity contribution is 5.98. The molecule has 1 aromatic heterocycles. The molecular formula is C21H20FN3O3. The van der Waals surface area contributed by atoms with Gasteiger partial charge >= 0.3 is 0 Å². The van der Waals surface area contributed by atoms with Crippen LogP contribution in [0.3, 0.4) is 0 Å². The van der Waals surface area contributed by atoms with Crippen molar-refractivity contribution in [2.45, 2.75) is 0 Å². The molecule has 0 spiro atoms. The van der Waals surface area contributed by atoms with Crippen molar-refractivity contribution in [3.05, 3.63) is 65.6 Å². The van der Waals surface area contributed by atoms with Crippen LogP contribution in [-0.2, 0) is 0 Å². The zero-order valence-electron chi connectivity index (χ0n) is 15.4. The van der Waals surface area contributed by atoms with Crippen molar-refractivity contribution in [3.8, 4) is 5.75 Å². The van der Waals surface area contributed by atoms with Gasteiger partial charge in [-0.3, -0.25) is 9.59 Å². The lowest BCUT2D eigenvalue weighted by atomic mass is 10.1. The van der Waals surface area contributed by atoms with Crippen LogP contribution in [0.1, 0.15) is 20.8 Å². The molecule has 0 saturated carbocycles. The first-order chi connectivity index (χ1) is 13.5. The average molecular weight is 381 g/mol. The van der Waals surface area contributed by atoms with Gasteiger partial charge in [0.15, 0.2) is 0 Å². The van der Waals surface area contributed by atoms with Gasteiger partial charge in [0.1, 0.15) is 17.3 Å². The molecule has 2 amide bonds. The van der Waals surface area contributed by atoms with Gasteiger partial charge in [-0.25, -0.2) is 4.39 Å². The number of nitrogens with zero attached hydrogens (tertiary/aromatic N) is 2. The quantitative estimate of drug-likeness (QED) is 0.759. The second kappa shape index (κ2) is 7.34. The number of carbonyl (C=O) groups excluding carboxylic acids is 2. The maximum absolute atomic E-state index is 13.3. The van der Waals surface area contributed by atoms with E-state index < -0.39 is 0 Å². The largest absolute Gasteiger partial charge is 0.497 e. The summed E-state index contributed by atoms with van der Waals surface area (Å²) in [5.41, 5.74) is 1.74. The lowest BCUT2D eigenvalue weighted by Gasteiger charge is -2.34. The smallest absolute Gasteiger partial charge is 0.270 e. The number of amides is 2. The van der Waals surface area contributed by atoms with Crippen molar-refractivity contribution in [1.82, 2.24) is 14.8 Å². The molecule has 1 saturated heterocycles. The van der Waals surface area contributed by atoms with Gasteiger partial charge in [0.05, 0.1) is 7.11 Å². The molecule has 1 fully saturated rings. The highest BCUT2D eigenvalue weighted by Gasteiger charge is 2.26. The number of fused-ring (bicyclic) bond motifs is 1. The van der Waals surface area contributed by atoms with E-state index in [-0.39, 0.29) is 17.6 Å². The van der Waals surface area contributed by atoms with Crippen LogP contribution in [-0.4, -0.2) is 59.9 Å². The molecule has 0 atom stereocenters. The zero-order valence-corrected chi connectivity index (χ0v) is 15.4. The molecule has 0 unspecified atom stereocenters.